The highest BCUT2D eigenvalue weighted by atomic mass is 19.4. The average molecular weight is 298 g/mol. The van der Waals surface area contributed by atoms with Crippen LogP contribution in [0.5, 0.6) is 0 Å². The number of alkyl halides is 5. The maximum Gasteiger partial charge on any atom is 0.418 e. The van der Waals surface area contributed by atoms with Gasteiger partial charge in [-0.1, -0.05) is 0 Å². The van der Waals surface area contributed by atoms with Crippen molar-refractivity contribution in [3.8, 4) is 0 Å². The Bertz CT molecular complexity index is 502. The Morgan fingerprint density at radius 1 is 1.45 bits per heavy atom. The minimum atomic E-state index is -4.98. The van der Waals surface area contributed by atoms with Crippen LogP contribution < -0.4 is 5.73 Å². The quantitative estimate of drug-likeness (QED) is 0.683. The predicted octanol–water partition coefficient (Wildman–Crippen LogP) is 2.21. The van der Waals surface area contributed by atoms with E-state index in [1.807, 2.05) is 0 Å². The van der Waals surface area contributed by atoms with Crippen molar-refractivity contribution < 1.29 is 31.5 Å². The molecule has 4 nitrogen and oxygen atoms in total. The first-order valence-corrected chi connectivity index (χ1v) is 5.35. The molecule has 1 aromatic rings. The zero-order valence-electron chi connectivity index (χ0n) is 10.3. The lowest BCUT2D eigenvalue weighted by atomic mass is 10.0. The fourth-order valence-corrected chi connectivity index (χ4v) is 1.54. The van der Waals surface area contributed by atoms with Gasteiger partial charge in [-0.05, 0) is 11.6 Å². The summed E-state index contributed by atoms with van der Waals surface area (Å²) >= 11 is 0. The van der Waals surface area contributed by atoms with Crippen LogP contribution in [-0.4, -0.2) is 18.1 Å². The van der Waals surface area contributed by atoms with Gasteiger partial charge in [0.15, 0.2) is 0 Å². The highest BCUT2D eigenvalue weighted by molar-refractivity contribution is 5.72. The average Bonchev–Trinajstić information content (AvgIpc) is 2.36. The van der Waals surface area contributed by atoms with Gasteiger partial charge in [0.1, 0.15) is 5.69 Å². The van der Waals surface area contributed by atoms with Crippen LogP contribution in [0, 0.1) is 0 Å². The van der Waals surface area contributed by atoms with E-state index in [0.29, 0.717) is 6.07 Å². The van der Waals surface area contributed by atoms with Gasteiger partial charge < -0.3 is 10.5 Å². The summed E-state index contributed by atoms with van der Waals surface area (Å²) < 4.78 is 67.7. The molecule has 0 amide bonds. The van der Waals surface area contributed by atoms with Crippen molar-refractivity contribution >= 4 is 5.97 Å². The molecule has 0 spiro atoms. The van der Waals surface area contributed by atoms with Crippen LogP contribution in [0.15, 0.2) is 6.07 Å². The van der Waals surface area contributed by atoms with Crippen molar-refractivity contribution in [2.24, 2.45) is 5.73 Å². The Morgan fingerprint density at radius 3 is 2.45 bits per heavy atom. The van der Waals surface area contributed by atoms with Gasteiger partial charge in [0, 0.05) is 6.54 Å². The van der Waals surface area contributed by atoms with Crippen molar-refractivity contribution in [1.82, 2.24) is 4.98 Å². The number of ether oxygens (including phenoxy) is 1. The van der Waals surface area contributed by atoms with Crippen molar-refractivity contribution in [2.75, 3.05) is 7.11 Å². The molecular weight excluding hydrogens is 287 g/mol. The standard InChI is InChI=1S/C11H11F5N2O2/c1-20-8(19)3-7-5(4-17)2-6(11(14,15)16)9(18-7)10(12)13/h2,10H,3-4,17H2,1H3. The number of esters is 1. The van der Waals surface area contributed by atoms with Gasteiger partial charge >= 0.3 is 12.1 Å². The normalized spacial score (nSPS) is 11.8. The van der Waals surface area contributed by atoms with E-state index in [1.54, 1.807) is 0 Å². The first-order valence-electron chi connectivity index (χ1n) is 5.35. The number of aromatic nitrogens is 1. The number of carbonyl (C=O) groups is 1. The number of pyridine rings is 1. The van der Waals surface area contributed by atoms with E-state index < -0.39 is 36.2 Å². The molecular formula is C11H11F5N2O2. The minimum absolute atomic E-state index is 0.132. The molecule has 1 rings (SSSR count). The Kier molecular flexibility index (Phi) is 4.98. The van der Waals surface area contributed by atoms with Crippen LogP contribution in [0.4, 0.5) is 22.0 Å². The number of carbonyl (C=O) groups excluding carboxylic acids is 1. The molecule has 0 bridgehead atoms. The highest BCUT2D eigenvalue weighted by Gasteiger charge is 2.37. The summed E-state index contributed by atoms with van der Waals surface area (Å²) in [5, 5.41) is 0. The second kappa shape index (κ2) is 6.12. The van der Waals surface area contributed by atoms with Gasteiger partial charge in [-0.25, -0.2) is 8.78 Å². The molecule has 0 aliphatic rings. The van der Waals surface area contributed by atoms with E-state index >= 15 is 0 Å². The third-order valence-corrected chi connectivity index (χ3v) is 2.49. The molecule has 0 atom stereocenters. The summed E-state index contributed by atoms with van der Waals surface area (Å²) in [5.74, 6) is -0.813. The monoisotopic (exact) mass is 298 g/mol. The van der Waals surface area contributed by atoms with E-state index in [1.165, 1.54) is 0 Å². The van der Waals surface area contributed by atoms with Crippen molar-refractivity contribution in [1.29, 1.82) is 0 Å². The third kappa shape index (κ3) is 3.62. The number of rotatable bonds is 4. The fourth-order valence-electron chi connectivity index (χ4n) is 1.54. The molecule has 0 fully saturated rings. The van der Waals surface area contributed by atoms with Crippen LogP contribution in [-0.2, 0) is 28.7 Å². The topological polar surface area (TPSA) is 65.2 Å². The van der Waals surface area contributed by atoms with Crippen molar-refractivity contribution in [2.45, 2.75) is 25.6 Å². The molecule has 0 radical (unpaired) electrons. The molecule has 2 N–H and O–H groups in total. The summed E-state index contributed by atoms with van der Waals surface area (Å²) in [6, 6.07) is 0.493. The molecule has 0 unspecified atom stereocenters. The molecule has 0 aliphatic carbocycles. The first-order chi connectivity index (χ1) is 9.20. The fraction of sp³-hybridized carbons (Fsp3) is 0.455. The van der Waals surface area contributed by atoms with E-state index in [-0.39, 0.29) is 17.8 Å². The molecule has 112 valence electrons. The van der Waals surface area contributed by atoms with Crippen LogP contribution in [0.2, 0.25) is 0 Å². The van der Waals surface area contributed by atoms with Gasteiger partial charge in [0.05, 0.1) is 24.8 Å². The molecule has 9 heteroatoms. The number of halogens is 5. The van der Waals surface area contributed by atoms with E-state index in [0.717, 1.165) is 7.11 Å². The molecule has 20 heavy (non-hydrogen) atoms. The summed E-state index contributed by atoms with van der Waals surface area (Å²) in [6.45, 7) is -0.369. The largest absolute Gasteiger partial charge is 0.469 e. The minimum Gasteiger partial charge on any atom is -0.469 e. The molecule has 0 saturated carbocycles. The summed E-state index contributed by atoms with van der Waals surface area (Å²) in [6.07, 6.45) is -8.93. The summed E-state index contributed by atoms with van der Waals surface area (Å²) in [5.41, 5.74) is 1.90. The zero-order chi connectivity index (χ0) is 15.5. The van der Waals surface area contributed by atoms with Crippen molar-refractivity contribution in [3.63, 3.8) is 0 Å². The van der Waals surface area contributed by atoms with Crippen LogP contribution in [0.25, 0.3) is 0 Å². The molecule has 0 aliphatic heterocycles. The van der Waals surface area contributed by atoms with E-state index in [4.69, 9.17) is 5.73 Å². The lowest BCUT2D eigenvalue weighted by molar-refractivity contribution is -0.140. The van der Waals surface area contributed by atoms with E-state index in [9.17, 15) is 26.7 Å². The molecule has 0 aromatic carbocycles. The Balaban J connectivity index is 3.41. The van der Waals surface area contributed by atoms with Gasteiger partial charge in [0.25, 0.3) is 6.43 Å². The Labute approximate surface area is 110 Å². The zero-order valence-corrected chi connectivity index (χ0v) is 10.3. The van der Waals surface area contributed by atoms with Crippen molar-refractivity contribution in [3.05, 3.63) is 28.6 Å². The number of nitrogens with zero attached hydrogens (tertiary/aromatic N) is 1. The molecule has 1 heterocycles. The van der Waals surface area contributed by atoms with Gasteiger partial charge in [-0.3, -0.25) is 9.78 Å². The van der Waals surface area contributed by atoms with Crippen LogP contribution in [0.3, 0.4) is 0 Å². The second-order valence-electron chi connectivity index (χ2n) is 3.78. The maximum absolute atomic E-state index is 12.7. The van der Waals surface area contributed by atoms with E-state index in [2.05, 4.69) is 9.72 Å². The molecule has 0 saturated heterocycles. The Hall–Kier alpha value is -1.77. The Morgan fingerprint density at radius 2 is 2.05 bits per heavy atom. The van der Waals surface area contributed by atoms with Crippen LogP contribution in [0.1, 0.15) is 28.9 Å². The number of methoxy groups -OCH3 is 1. The van der Waals surface area contributed by atoms with Gasteiger partial charge in [-0.15, -0.1) is 0 Å². The third-order valence-electron chi connectivity index (χ3n) is 2.49. The summed E-state index contributed by atoms with van der Waals surface area (Å²) in [7, 11) is 1.06. The van der Waals surface area contributed by atoms with Gasteiger partial charge in [-0.2, -0.15) is 13.2 Å². The number of hydrogen-bond acceptors (Lipinski definition) is 4. The SMILES string of the molecule is COC(=O)Cc1nc(C(F)F)c(C(F)(F)F)cc1CN. The number of nitrogens with two attached hydrogens (primary N) is 1. The smallest absolute Gasteiger partial charge is 0.418 e. The van der Waals surface area contributed by atoms with Gasteiger partial charge in [0.2, 0.25) is 0 Å². The lowest BCUT2D eigenvalue weighted by Crippen LogP contribution is -2.18. The van der Waals surface area contributed by atoms with Crippen LogP contribution >= 0.6 is 0 Å². The number of hydrogen-bond donors (Lipinski definition) is 1. The maximum atomic E-state index is 12.7. The second-order valence-corrected chi connectivity index (χ2v) is 3.78. The molecule has 1 aromatic heterocycles. The first kappa shape index (κ1) is 16.3. The lowest BCUT2D eigenvalue weighted by Gasteiger charge is -2.15. The highest BCUT2D eigenvalue weighted by Crippen LogP contribution is 2.36. The summed E-state index contributed by atoms with van der Waals surface area (Å²) in [4.78, 5) is 14.3. The predicted molar refractivity (Wildman–Crippen MR) is 57.8 cm³/mol.